The molecule has 0 heterocycles. The maximum Gasteiger partial charge on any atom is 0.306 e. The minimum Gasteiger partial charge on any atom is -0.497 e. The first kappa shape index (κ1) is 17.7. The lowest BCUT2D eigenvalue weighted by molar-refractivity contribution is -0.387. The highest BCUT2D eigenvalue weighted by Crippen LogP contribution is 2.23. The van der Waals surface area contributed by atoms with E-state index in [4.69, 9.17) is 4.74 Å². The van der Waals surface area contributed by atoms with E-state index in [2.05, 4.69) is 5.32 Å². The highest BCUT2D eigenvalue weighted by Gasteiger charge is 2.15. The van der Waals surface area contributed by atoms with Gasteiger partial charge in [0.15, 0.2) is 0 Å². The summed E-state index contributed by atoms with van der Waals surface area (Å²) in [5.41, 5.74) is -0.469. The lowest BCUT2D eigenvalue weighted by atomic mass is 10.2. The van der Waals surface area contributed by atoms with Gasteiger partial charge in [0.25, 0.3) is 0 Å². The number of carbonyl (C=O) groups excluding carboxylic acids is 1. The Morgan fingerprint density at radius 1 is 1.29 bits per heavy atom. The van der Waals surface area contributed by atoms with Crippen molar-refractivity contribution in [1.29, 1.82) is 0 Å². The zero-order chi connectivity index (χ0) is 17.5. The Hall–Kier alpha value is -2.61. The number of hydrogen-bond acceptors (Lipinski definition) is 5. The Labute approximate surface area is 142 Å². The van der Waals surface area contributed by atoms with Gasteiger partial charge in [0.2, 0.25) is 11.7 Å². The molecule has 1 amide bonds. The molecule has 0 fully saturated rings. The molecular weight excluding hydrogens is 335 g/mol. The van der Waals surface area contributed by atoms with Crippen LogP contribution >= 0.6 is 11.8 Å². The highest BCUT2D eigenvalue weighted by molar-refractivity contribution is 7.99. The van der Waals surface area contributed by atoms with Crippen LogP contribution in [0, 0.1) is 15.9 Å². The van der Waals surface area contributed by atoms with E-state index in [0.29, 0.717) is 5.75 Å². The number of thioether (sulfide) groups is 1. The van der Waals surface area contributed by atoms with E-state index < -0.39 is 16.4 Å². The fourth-order valence-corrected chi connectivity index (χ4v) is 2.74. The number of nitro groups is 1. The average Bonchev–Trinajstić information content (AvgIpc) is 2.57. The molecule has 126 valence electrons. The van der Waals surface area contributed by atoms with Gasteiger partial charge in [-0.2, -0.15) is 4.39 Å². The van der Waals surface area contributed by atoms with Crippen LogP contribution in [0.15, 0.2) is 47.4 Å². The van der Waals surface area contributed by atoms with Crippen LogP contribution in [0.3, 0.4) is 0 Å². The Morgan fingerprint density at radius 3 is 2.62 bits per heavy atom. The van der Waals surface area contributed by atoms with Crippen LogP contribution in [0.5, 0.6) is 5.75 Å². The molecule has 0 aliphatic rings. The molecule has 0 aliphatic carbocycles. The Morgan fingerprint density at radius 2 is 2.00 bits per heavy atom. The van der Waals surface area contributed by atoms with E-state index in [1.165, 1.54) is 17.8 Å². The molecule has 2 rings (SSSR count). The van der Waals surface area contributed by atoms with Crippen molar-refractivity contribution in [3.63, 3.8) is 0 Å². The second-order valence-electron chi connectivity index (χ2n) is 4.75. The summed E-state index contributed by atoms with van der Waals surface area (Å²) in [7, 11) is 1.59. The number of ether oxygens (including phenoxy) is 1. The zero-order valence-corrected chi connectivity index (χ0v) is 13.6. The number of methoxy groups -OCH3 is 1. The smallest absolute Gasteiger partial charge is 0.306 e. The number of hydrogen-bond donors (Lipinski definition) is 1. The fraction of sp³-hybridized carbons (Fsp3) is 0.188. The molecule has 0 aliphatic heterocycles. The Kier molecular flexibility index (Phi) is 6.14. The minimum absolute atomic E-state index is 0.197. The van der Waals surface area contributed by atoms with Crippen molar-refractivity contribution in [2.24, 2.45) is 0 Å². The number of nitrogens with zero attached hydrogens (tertiary/aromatic N) is 1. The number of amides is 1. The van der Waals surface area contributed by atoms with E-state index in [1.54, 1.807) is 7.11 Å². The van der Waals surface area contributed by atoms with Crippen molar-refractivity contribution in [2.45, 2.75) is 11.3 Å². The van der Waals surface area contributed by atoms with Gasteiger partial charge in [-0.15, -0.1) is 11.8 Å². The molecule has 0 bridgehead atoms. The average molecular weight is 350 g/mol. The first-order chi connectivity index (χ1) is 11.5. The van der Waals surface area contributed by atoms with Crippen molar-refractivity contribution in [3.05, 3.63) is 58.4 Å². The molecule has 0 radical (unpaired) electrons. The molecule has 2 aromatic carbocycles. The quantitative estimate of drug-likeness (QED) is 0.466. The number of nitro benzene ring substituents is 1. The molecule has 2 aromatic rings. The van der Waals surface area contributed by atoms with Gasteiger partial charge >= 0.3 is 5.69 Å². The standard InChI is InChI=1S/C16H15FN2O4S/c1-23-12-3-5-13(6-4-12)24-9-8-16(20)18-11-2-7-14(17)15(10-11)19(21)22/h2-7,10H,8-9H2,1H3,(H,18,20). The third kappa shape index (κ3) is 4.95. The molecular formula is C16H15FN2O4S. The van der Waals surface area contributed by atoms with E-state index in [9.17, 15) is 19.3 Å². The number of carbonyl (C=O) groups is 1. The molecule has 0 unspecified atom stereocenters. The van der Waals surface area contributed by atoms with Crippen LogP contribution in [0.1, 0.15) is 6.42 Å². The van der Waals surface area contributed by atoms with Crippen molar-refractivity contribution in [3.8, 4) is 5.75 Å². The van der Waals surface area contributed by atoms with E-state index >= 15 is 0 Å². The summed E-state index contributed by atoms with van der Waals surface area (Å²) in [5.74, 6) is 0.0709. The predicted octanol–water partition coefficient (Wildman–Crippen LogP) is 3.86. The number of halogens is 1. The summed E-state index contributed by atoms with van der Waals surface area (Å²) in [4.78, 5) is 22.7. The maximum atomic E-state index is 13.2. The van der Waals surface area contributed by atoms with Gasteiger partial charge < -0.3 is 10.1 Å². The molecule has 0 atom stereocenters. The summed E-state index contributed by atoms with van der Waals surface area (Å²) in [6.07, 6.45) is 0.224. The predicted molar refractivity (Wildman–Crippen MR) is 90.0 cm³/mol. The van der Waals surface area contributed by atoms with Crippen LogP contribution in [-0.2, 0) is 4.79 Å². The minimum atomic E-state index is -0.937. The summed E-state index contributed by atoms with van der Waals surface area (Å²) in [6.45, 7) is 0. The third-order valence-corrected chi connectivity index (χ3v) is 4.10. The largest absolute Gasteiger partial charge is 0.497 e. The van der Waals surface area contributed by atoms with Gasteiger partial charge in [-0.1, -0.05) is 0 Å². The number of benzene rings is 2. The van der Waals surface area contributed by atoms with Crippen LogP contribution < -0.4 is 10.1 Å². The summed E-state index contributed by atoms with van der Waals surface area (Å²) < 4.78 is 18.3. The normalized spacial score (nSPS) is 10.2. The molecule has 0 saturated heterocycles. The second-order valence-corrected chi connectivity index (χ2v) is 5.91. The third-order valence-electron chi connectivity index (χ3n) is 3.08. The van der Waals surface area contributed by atoms with Gasteiger partial charge in [0.1, 0.15) is 5.75 Å². The highest BCUT2D eigenvalue weighted by atomic mass is 32.2. The molecule has 0 spiro atoms. The second kappa shape index (κ2) is 8.30. The lowest BCUT2D eigenvalue weighted by Gasteiger charge is -2.06. The van der Waals surface area contributed by atoms with Gasteiger partial charge in [0.05, 0.1) is 12.0 Å². The van der Waals surface area contributed by atoms with Gasteiger partial charge in [-0.3, -0.25) is 14.9 Å². The SMILES string of the molecule is COc1ccc(SCCC(=O)Nc2ccc(F)c([N+](=O)[O-])c2)cc1. The molecule has 24 heavy (non-hydrogen) atoms. The topological polar surface area (TPSA) is 81.5 Å². The van der Waals surface area contributed by atoms with Crippen molar-refractivity contribution in [1.82, 2.24) is 0 Å². The van der Waals surface area contributed by atoms with E-state index in [1.807, 2.05) is 24.3 Å². The summed E-state index contributed by atoms with van der Waals surface area (Å²) in [6, 6.07) is 10.7. The molecule has 6 nitrogen and oxygen atoms in total. The van der Waals surface area contributed by atoms with E-state index in [0.717, 1.165) is 22.8 Å². The number of anilines is 1. The zero-order valence-electron chi connectivity index (χ0n) is 12.8. The summed E-state index contributed by atoms with van der Waals surface area (Å²) in [5, 5.41) is 13.2. The molecule has 8 heteroatoms. The first-order valence-electron chi connectivity index (χ1n) is 7.00. The van der Waals surface area contributed by atoms with Gasteiger partial charge in [-0.05, 0) is 36.4 Å². The fourth-order valence-electron chi connectivity index (χ4n) is 1.89. The van der Waals surface area contributed by atoms with Crippen LogP contribution in [0.4, 0.5) is 15.8 Å². The monoisotopic (exact) mass is 350 g/mol. The van der Waals surface area contributed by atoms with E-state index in [-0.39, 0.29) is 18.0 Å². The molecule has 1 N–H and O–H groups in total. The Bertz CT molecular complexity index is 737. The van der Waals surface area contributed by atoms with Crippen molar-refractivity contribution >= 4 is 29.0 Å². The number of nitrogens with one attached hydrogen (secondary N) is 1. The lowest BCUT2D eigenvalue weighted by Crippen LogP contribution is -2.12. The van der Waals surface area contributed by atoms with Crippen molar-refractivity contribution in [2.75, 3.05) is 18.2 Å². The van der Waals surface area contributed by atoms with Crippen LogP contribution in [-0.4, -0.2) is 23.7 Å². The molecule has 0 saturated carbocycles. The number of rotatable bonds is 7. The molecule has 0 aromatic heterocycles. The summed E-state index contributed by atoms with van der Waals surface area (Å²) >= 11 is 1.50. The first-order valence-corrected chi connectivity index (χ1v) is 7.99. The van der Waals surface area contributed by atoms with Crippen molar-refractivity contribution < 1.29 is 18.8 Å². The Balaban J connectivity index is 1.84. The maximum absolute atomic E-state index is 13.2. The van der Waals surface area contributed by atoms with Crippen LogP contribution in [0.25, 0.3) is 0 Å². The van der Waals surface area contributed by atoms with Gasteiger partial charge in [-0.25, -0.2) is 0 Å². The van der Waals surface area contributed by atoms with Gasteiger partial charge in [0, 0.05) is 28.8 Å². The van der Waals surface area contributed by atoms with Crippen LogP contribution in [0.2, 0.25) is 0 Å².